The maximum Gasteiger partial charge on any atom is 0.336 e. The van der Waals surface area contributed by atoms with Crippen LogP contribution in [-0.4, -0.2) is 11.1 Å². The summed E-state index contributed by atoms with van der Waals surface area (Å²) in [6, 6.07) is 16.3. The number of nitrogens with zero attached hydrogens (tertiary/aromatic N) is 1. The lowest BCUT2D eigenvalue weighted by atomic mass is 9.94. The molecular weight excluding hydrogens is 226 g/mol. The third kappa shape index (κ3) is 2.23. The molecule has 0 aliphatic carbocycles. The van der Waals surface area contributed by atoms with Crippen molar-refractivity contribution in [3.8, 4) is 17.2 Å². The zero-order valence-corrected chi connectivity index (χ0v) is 9.63. The highest BCUT2D eigenvalue weighted by atomic mass is 16.4. The van der Waals surface area contributed by atoms with Crippen LogP contribution in [0.3, 0.4) is 0 Å². The van der Waals surface area contributed by atoms with Gasteiger partial charge in [0.1, 0.15) is 0 Å². The highest BCUT2D eigenvalue weighted by Crippen LogP contribution is 2.27. The van der Waals surface area contributed by atoms with Crippen molar-refractivity contribution in [3.63, 3.8) is 0 Å². The monoisotopic (exact) mass is 237 g/mol. The van der Waals surface area contributed by atoms with E-state index in [-0.39, 0.29) is 12.0 Å². The maximum atomic E-state index is 11.2. The largest absolute Gasteiger partial charge is 0.478 e. The molecule has 0 radical (unpaired) electrons. The van der Waals surface area contributed by atoms with Gasteiger partial charge in [-0.2, -0.15) is 5.26 Å². The van der Waals surface area contributed by atoms with Crippen molar-refractivity contribution in [1.82, 2.24) is 0 Å². The predicted molar refractivity (Wildman–Crippen MR) is 68.2 cm³/mol. The van der Waals surface area contributed by atoms with Crippen LogP contribution >= 0.6 is 0 Å². The standard InChI is InChI=1S/C15H11NO2/c16-10-9-11-5-1-2-6-12(11)13-7-3-4-8-14(13)15(17)18/h1-8H,9H2,(H,17,18). The Bertz CT molecular complexity index is 626. The summed E-state index contributed by atoms with van der Waals surface area (Å²) in [4.78, 5) is 11.2. The highest BCUT2D eigenvalue weighted by molar-refractivity contribution is 5.96. The van der Waals surface area contributed by atoms with Gasteiger partial charge in [-0.25, -0.2) is 4.79 Å². The third-order valence-corrected chi connectivity index (χ3v) is 2.73. The highest BCUT2D eigenvalue weighted by Gasteiger charge is 2.13. The number of carboxylic acids is 1. The van der Waals surface area contributed by atoms with Crippen molar-refractivity contribution < 1.29 is 9.90 Å². The summed E-state index contributed by atoms with van der Waals surface area (Å²) in [5.41, 5.74) is 2.55. The lowest BCUT2D eigenvalue weighted by Gasteiger charge is -2.09. The summed E-state index contributed by atoms with van der Waals surface area (Å²) >= 11 is 0. The fourth-order valence-electron chi connectivity index (χ4n) is 1.93. The smallest absolute Gasteiger partial charge is 0.336 e. The van der Waals surface area contributed by atoms with E-state index in [0.29, 0.717) is 5.56 Å². The predicted octanol–water partition coefficient (Wildman–Crippen LogP) is 3.12. The molecule has 3 heteroatoms. The van der Waals surface area contributed by atoms with Crippen molar-refractivity contribution in [1.29, 1.82) is 5.26 Å². The first-order valence-electron chi connectivity index (χ1n) is 5.51. The van der Waals surface area contributed by atoms with Gasteiger partial charge in [0.2, 0.25) is 0 Å². The van der Waals surface area contributed by atoms with Crippen molar-refractivity contribution >= 4 is 5.97 Å². The van der Waals surface area contributed by atoms with Crippen LogP contribution in [0.4, 0.5) is 0 Å². The van der Waals surface area contributed by atoms with Gasteiger partial charge in [0.25, 0.3) is 0 Å². The average molecular weight is 237 g/mol. The number of nitriles is 1. The minimum atomic E-state index is -0.961. The van der Waals surface area contributed by atoms with Gasteiger partial charge in [-0.1, -0.05) is 42.5 Å². The van der Waals surface area contributed by atoms with Crippen LogP contribution in [0.1, 0.15) is 15.9 Å². The lowest BCUT2D eigenvalue weighted by Crippen LogP contribution is -2.00. The number of carbonyl (C=O) groups is 1. The van der Waals surface area contributed by atoms with E-state index in [9.17, 15) is 9.90 Å². The molecule has 2 aromatic rings. The first-order valence-corrected chi connectivity index (χ1v) is 5.51. The molecule has 0 bridgehead atoms. The Morgan fingerprint density at radius 1 is 1.06 bits per heavy atom. The molecule has 0 saturated heterocycles. The van der Waals surface area contributed by atoms with E-state index in [0.717, 1.165) is 11.1 Å². The van der Waals surface area contributed by atoms with E-state index >= 15 is 0 Å². The quantitative estimate of drug-likeness (QED) is 0.892. The van der Waals surface area contributed by atoms with Gasteiger partial charge >= 0.3 is 5.97 Å². The van der Waals surface area contributed by atoms with Crippen LogP contribution < -0.4 is 0 Å². The van der Waals surface area contributed by atoms with E-state index in [1.165, 1.54) is 0 Å². The molecule has 1 N–H and O–H groups in total. The Morgan fingerprint density at radius 3 is 2.33 bits per heavy atom. The zero-order chi connectivity index (χ0) is 13.0. The van der Waals surface area contributed by atoms with E-state index in [1.54, 1.807) is 24.3 Å². The molecule has 0 heterocycles. The Morgan fingerprint density at radius 2 is 1.67 bits per heavy atom. The number of carboxylic acid groups (broad SMARTS) is 1. The van der Waals surface area contributed by atoms with Crippen LogP contribution in [-0.2, 0) is 6.42 Å². The molecule has 0 spiro atoms. The Labute approximate surface area is 105 Å². The van der Waals surface area contributed by atoms with Crippen molar-refractivity contribution in [2.75, 3.05) is 0 Å². The van der Waals surface area contributed by atoms with Gasteiger partial charge in [-0.15, -0.1) is 0 Å². The summed E-state index contributed by atoms with van der Waals surface area (Å²) in [6.07, 6.45) is 0.268. The van der Waals surface area contributed by atoms with Gasteiger partial charge in [-0.3, -0.25) is 0 Å². The second-order valence-electron chi connectivity index (χ2n) is 3.84. The topological polar surface area (TPSA) is 61.1 Å². The zero-order valence-electron chi connectivity index (χ0n) is 9.63. The van der Waals surface area contributed by atoms with Gasteiger partial charge in [-0.05, 0) is 22.8 Å². The average Bonchev–Trinajstić information content (AvgIpc) is 2.40. The fourth-order valence-corrected chi connectivity index (χ4v) is 1.93. The summed E-state index contributed by atoms with van der Waals surface area (Å²) in [6.45, 7) is 0. The second-order valence-corrected chi connectivity index (χ2v) is 3.84. The number of rotatable bonds is 3. The number of benzene rings is 2. The summed E-state index contributed by atoms with van der Waals surface area (Å²) in [5.74, 6) is -0.961. The molecule has 0 amide bonds. The minimum Gasteiger partial charge on any atom is -0.478 e. The molecule has 0 fully saturated rings. The first kappa shape index (κ1) is 11.9. The number of aromatic carboxylic acids is 1. The molecule has 0 saturated carbocycles. The van der Waals surface area contributed by atoms with Crippen LogP contribution in [0.2, 0.25) is 0 Å². The van der Waals surface area contributed by atoms with E-state index in [2.05, 4.69) is 6.07 Å². The van der Waals surface area contributed by atoms with E-state index < -0.39 is 5.97 Å². The van der Waals surface area contributed by atoms with Crippen molar-refractivity contribution in [2.45, 2.75) is 6.42 Å². The van der Waals surface area contributed by atoms with Gasteiger partial charge in [0.15, 0.2) is 0 Å². The van der Waals surface area contributed by atoms with E-state index in [4.69, 9.17) is 5.26 Å². The SMILES string of the molecule is N#CCc1ccccc1-c1ccccc1C(=O)O. The summed E-state index contributed by atoms with van der Waals surface area (Å²) in [5, 5.41) is 18.0. The fraction of sp³-hybridized carbons (Fsp3) is 0.0667. The summed E-state index contributed by atoms with van der Waals surface area (Å²) < 4.78 is 0. The van der Waals surface area contributed by atoms with Crippen LogP contribution in [0.15, 0.2) is 48.5 Å². The molecule has 0 aliphatic heterocycles. The van der Waals surface area contributed by atoms with E-state index in [1.807, 2.05) is 24.3 Å². The molecule has 0 unspecified atom stereocenters. The Balaban J connectivity index is 2.63. The molecule has 0 aromatic heterocycles. The lowest BCUT2D eigenvalue weighted by molar-refractivity contribution is 0.0697. The molecule has 0 aliphatic rings. The number of hydrogen-bond donors (Lipinski definition) is 1. The molecule has 3 nitrogen and oxygen atoms in total. The minimum absolute atomic E-state index is 0.253. The maximum absolute atomic E-state index is 11.2. The van der Waals surface area contributed by atoms with Gasteiger partial charge in [0, 0.05) is 0 Å². The Hall–Kier alpha value is -2.60. The number of hydrogen-bond acceptors (Lipinski definition) is 2. The van der Waals surface area contributed by atoms with Crippen LogP contribution in [0.25, 0.3) is 11.1 Å². The summed E-state index contributed by atoms with van der Waals surface area (Å²) in [7, 11) is 0. The second kappa shape index (κ2) is 5.15. The molecule has 88 valence electrons. The van der Waals surface area contributed by atoms with Crippen LogP contribution in [0.5, 0.6) is 0 Å². The Kier molecular flexibility index (Phi) is 3.40. The molecule has 18 heavy (non-hydrogen) atoms. The normalized spacial score (nSPS) is 9.72. The molecule has 2 aromatic carbocycles. The third-order valence-electron chi connectivity index (χ3n) is 2.73. The molecule has 2 rings (SSSR count). The van der Waals surface area contributed by atoms with Gasteiger partial charge < -0.3 is 5.11 Å². The van der Waals surface area contributed by atoms with Crippen LogP contribution in [0, 0.1) is 11.3 Å². The van der Waals surface area contributed by atoms with Gasteiger partial charge in [0.05, 0.1) is 18.1 Å². The first-order chi connectivity index (χ1) is 8.74. The molecular formula is C15H11NO2. The van der Waals surface area contributed by atoms with Crippen molar-refractivity contribution in [3.05, 3.63) is 59.7 Å². The molecule has 0 atom stereocenters. The van der Waals surface area contributed by atoms with Crippen molar-refractivity contribution in [2.24, 2.45) is 0 Å².